The number of benzene rings is 2. The highest BCUT2D eigenvalue weighted by atomic mass is 19.1. The predicted octanol–water partition coefficient (Wildman–Crippen LogP) is 5.79. The van der Waals surface area contributed by atoms with E-state index in [-0.39, 0.29) is 12.4 Å². The standard InChI is InChI=1S/C29H31FN2O2/c1-18-24(6-8-28(31-18)32-11-9-29(2,33)10-12-32)19-3-7-27(30)22(13-19)17-34-23-4-5-25-20(15-23)14-21-16-26(21)25/h3-8,13,15,21,26,33H,9-12,14,16-17H2,1-2H3. The maximum Gasteiger partial charge on any atom is 0.129 e. The Bertz CT molecular complexity index is 1240. The summed E-state index contributed by atoms with van der Waals surface area (Å²) in [6.45, 7) is 5.67. The van der Waals surface area contributed by atoms with E-state index in [1.807, 2.05) is 38.1 Å². The zero-order valence-electron chi connectivity index (χ0n) is 19.9. The number of pyridine rings is 1. The normalized spacial score (nSPS) is 22.3. The van der Waals surface area contributed by atoms with Gasteiger partial charge in [0.1, 0.15) is 24.0 Å². The average molecular weight is 459 g/mol. The van der Waals surface area contributed by atoms with Crippen LogP contribution in [0.4, 0.5) is 10.2 Å². The van der Waals surface area contributed by atoms with Gasteiger partial charge in [0.05, 0.1) is 5.60 Å². The molecule has 34 heavy (non-hydrogen) atoms. The number of aliphatic hydroxyl groups is 1. The number of fused-ring (bicyclic) bond motifs is 3. The Morgan fingerprint density at radius 1 is 1.12 bits per heavy atom. The third kappa shape index (κ3) is 4.07. The maximum absolute atomic E-state index is 14.6. The van der Waals surface area contributed by atoms with E-state index in [9.17, 15) is 9.50 Å². The summed E-state index contributed by atoms with van der Waals surface area (Å²) in [5, 5.41) is 10.2. The molecule has 1 N–H and O–H groups in total. The molecule has 2 fully saturated rings. The van der Waals surface area contributed by atoms with E-state index in [4.69, 9.17) is 9.72 Å². The van der Waals surface area contributed by atoms with E-state index in [1.165, 1.54) is 23.6 Å². The molecule has 1 aromatic heterocycles. The van der Waals surface area contributed by atoms with E-state index < -0.39 is 5.60 Å². The maximum atomic E-state index is 14.6. The SMILES string of the molecule is Cc1nc(N2CCC(C)(O)CC2)ccc1-c1ccc(F)c(COc2ccc3c(c2)CC2CC32)c1. The van der Waals surface area contributed by atoms with Crippen LogP contribution in [0.3, 0.4) is 0 Å². The smallest absolute Gasteiger partial charge is 0.129 e. The van der Waals surface area contributed by atoms with Crippen molar-refractivity contribution < 1.29 is 14.2 Å². The second-order valence-electron chi connectivity index (χ2n) is 10.5. The largest absolute Gasteiger partial charge is 0.489 e. The van der Waals surface area contributed by atoms with Crippen molar-refractivity contribution in [2.75, 3.05) is 18.0 Å². The van der Waals surface area contributed by atoms with Gasteiger partial charge >= 0.3 is 0 Å². The molecular formula is C29H31FN2O2. The lowest BCUT2D eigenvalue weighted by Crippen LogP contribution is -2.42. The van der Waals surface area contributed by atoms with E-state index in [0.717, 1.165) is 72.6 Å². The van der Waals surface area contributed by atoms with Crippen molar-refractivity contribution in [1.29, 1.82) is 0 Å². The molecule has 0 radical (unpaired) electrons. The van der Waals surface area contributed by atoms with Crippen LogP contribution in [-0.4, -0.2) is 28.8 Å². The van der Waals surface area contributed by atoms with Crippen LogP contribution >= 0.6 is 0 Å². The summed E-state index contributed by atoms with van der Waals surface area (Å²) in [7, 11) is 0. The van der Waals surface area contributed by atoms with Crippen LogP contribution in [0.5, 0.6) is 5.75 Å². The number of ether oxygens (including phenoxy) is 1. The molecule has 176 valence electrons. The summed E-state index contributed by atoms with van der Waals surface area (Å²) in [6.07, 6.45) is 3.96. The van der Waals surface area contributed by atoms with Crippen LogP contribution in [0.15, 0.2) is 48.5 Å². The summed E-state index contributed by atoms with van der Waals surface area (Å²) in [6, 6.07) is 15.6. The van der Waals surface area contributed by atoms with Gasteiger partial charge < -0.3 is 14.7 Å². The molecule has 1 saturated heterocycles. The molecule has 2 unspecified atom stereocenters. The van der Waals surface area contributed by atoms with Gasteiger partial charge in [-0.25, -0.2) is 9.37 Å². The third-order valence-electron chi connectivity index (χ3n) is 7.91. The molecule has 5 heteroatoms. The Labute approximate surface area is 200 Å². The van der Waals surface area contributed by atoms with Crippen molar-refractivity contribution in [1.82, 2.24) is 4.98 Å². The summed E-state index contributed by atoms with van der Waals surface area (Å²) in [4.78, 5) is 7.05. The van der Waals surface area contributed by atoms with Crippen LogP contribution in [0.1, 0.15) is 54.5 Å². The molecule has 0 amide bonds. The van der Waals surface area contributed by atoms with Crippen molar-refractivity contribution in [3.63, 3.8) is 0 Å². The first-order chi connectivity index (χ1) is 16.4. The van der Waals surface area contributed by atoms with Gasteiger partial charge in [0.2, 0.25) is 0 Å². The van der Waals surface area contributed by atoms with Crippen LogP contribution in [0.2, 0.25) is 0 Å². The highest BCUT2D eigenvalue weighted by Gasteiger charge is 2.44. The average Bonchev–Trinajstić information content (AvgIpc) is 3.49. The summed E-state index contributed by atoms with van der Waals surface area (Å²) < 4.78 is 20.6. The number of halogens is 1. The lowest BCUT2D eigenvalue weighted by molar-refractivity contribution is 0.0350. The van der Waals surface area contributed by atoms with Gasteiger partial charge in [0, 0.05) is 29.9 Å². The molecule has 1 aliphatic heterocycles. The summed E-state index contributed by atoms with van der Waals surface area (Å²) in [5.74, 6) is 3.09. The van der Waals surface area contributed by atoms with Crippen molar-refractivity contribution in [3.8, 4) is 16.9 Å². The van der Waals surface area contributed by atoms with Crippen LogP contribution in [0.25, 0.3) is 11.1 Å². The molecule has 2 heterocycles. The molecule has 4 nitrogen and oxygen atoms in total. The van der Waals surface area contributed by atoms with Gasteiger partial charge in [0.25, 0.3) is 0 Å². The minimum Gasteiger partial charge on any atom is -0.489 e. The quantitative estimate of drug-likeness (QED) is 0.526. The Kier molecular flexibility index (Phi) is 5.14. The van der Waals surface area contributed by atoms with Gasteiger partial charge in [-0.2, -0.15) is 0 Å². The Morgan fingerprint density at radius 3 is 2.74 bits per heavy atom. The fourth-order valence-electron chi connectivity index (χ4n) is 5.61. The molecule has 3 aromatic rings. The van der Waals surface area contributed by atoms with Gasteiger partial charge in [-0.3, -0.25) is 0 Å². The summed E-state index contributed by atoms with van der Waals surface area (Å²) >= 11 is 0. The first kappa shape index (κ1) is 21.6. The number of aryl methyl sites for hydroxylation is 1. The second-order valence-corrected chi connectivity index (χ2v) is 10.5. The predicted molar refractivity (Wildman–Crippen MR) is 132 cm³/mol. The van der Waals surface area contributed by atoms with Crippen molar-refractivity contribution >= 4 is 5.82 Å². The number of piperidine rings is 1. The van der Waals surface area contributed by atoms with Gasteiger partial charge in [-0.1, -0.05) is 12.1 Å². The molecular weight excluding hydrogens is 427 g/mol. The Morgan fingerprint density at radius 2 is 1.94 bits per heavy atom. The monoisotopic (exact) mass is 458 g/mol. The minimum atomic E-state index is -0.585. The molecule has 3 aliphatic rings. The van der Waals surface area contributed by atoms with Gasteiger partial charge in [0.15, 0.2) is 0 Å². The lowest BCUT2D eigenvalue weighted by Gasteiger charge is -2.36. The fourth-order valence-corrected chi connectivity index (χ4v) is 5.61. The molecule has 2 atom stereocenters. The number of anilines is 1. The molecule has 0 bridgehead atoms. The van der Waals surface area contributed by atoms with Crippen molar-refractivity contribution in [2.24, 2.45) is 5.92 Å². The molecule has 6 rings (SSSR count). The molecule has 2 aliphatic carbocycles. The lowest BCUT2D eigenvalue weighted by atomic mass is 9.94. The summed E-state index contributed by atoms with van der Waals surface area (Å²) in [5.41, 5.74) is 5.67. The number of hydrogen-bond donors (Lipinski definition) is 1. The number of rotatable bonds is 5. The van der Waals surface area contributed by atoms with Gasteiger partial charge in [-0.15, -0.1) is 0 Å². The molecule has 2 aromatic carbocycles. The van der Waals surface area contributed by atoms with Crippen molar-refractivity contribution in [3.05, 3.63) is 76.7 Å². The fraction of sp³-hybridized carbons (Fsp3) is 0.414. The number of nitrogens with zero attached hydrogens (tertiary/aromatic N) is 2. The van der Waals surface area contributed by atoms with E-state index in [0.29, 0.717) is 5.56 Å². The van der Waals surface area contributed by atoms with E-state index in [2.05, 4.69) is 23.1 Å². The highest BCUT2D eigenvalue weighted by molar-refractivity contribution is 5.68. The number of aromatic nitrogens is 1. The van der Waals surface area contributed by atoms with Crippen LogP contribution < -0.4 is 9.64 Å². The third-order valence-corrected chi connectivity index (χ3v) is 7.91. The first-order valence-corrected chi connectivity index (χ1v) is 12.4. The van der Waals surface area contributed by atoms with E-state index >= 15 is 0 Å². The van der Waals surface area contributed by atoms with Crippen LogP contribution in [0, 0.1) is 18.7 Å². The zero-order chi connectivity index (χ0) is 23.4. The zero-order valence-corrected chi connectivity index (χ0v) is 19.9. The number of hydrogen-bond acceptors (Lipinski definition) is 4. The Balaban J connectivity index is 1.18. The van der Waals surface area contributed by atoms with Crippen LogP contribution in [-0.2, 0) is 13.0 Å². The minimum absolute atomic E-state index is 0.198. The van der Waals surface area contributed by atoms with E-state index in [1.54, 1.807) is 0 Å². The second kappa shape index (κ2) is 8.09. The molecule has 0 spiro atoms. The molecule has 1 saturated carbocycles. The van der Waals surface area contributed by atoms with Gasteiger partial charge in [-0.05, 0) is 104 Å². The topological polar surface area (TPSA) is 45.6 Å². The first-order valence-electron chi connectivity index (χ1n) is 12.4. The Hall–Kier alpha value is -2.92. The highest BCUT2D eigenvalue weighted by Crippen LogP contribution is 2.56. The van der Waals surface area contributed by atoms with Crippen molar-refractivity contribution in [2.45, 2.75) is 57.7 Å².